The lowest BCUT2D eigenvalue weighted by Crippen LogP contribution is -2.38. The van der Waals surface area contributed by atoms with E-state index in [1.54, 1.807) is 12.4 Å². The Labute approximate surface area is 109 Å². The molecule has 2 N–H and O–H groups in total. The number of nitrogens with zero attached hydrogens (tertiary/aromatic N) is 1. The standard InChI is InChI=1S/C14H24N2O2/c1-10(2)18-12-6-11(7-15-8-12)13(17)9-16-14(3,4)5/h6-8,10,13,16-17H,9H2,1-5H3. The Morgan fingerprint density at radius 2 is 2.00 bits per heavy atom. The number of pyridine rings is 1. The summed E-state index contributed by atoms with van der Waals surface area (Å²) in [7, 11) is 0. The maximum Gasteiger partial charge on any atom is 0.138 e. The van der Waals surface area contributed by atoms with Gasteiger partial charge in [-0.05, 0) is 40.7 Å². The van der Waals surface area contributed by atoms with Crippen LogP contribution in [0.5, 0.6) is 5.75 Å². The van der Waals surface area contributed by atoms with E-state index >= 15 is 0 Å². The van der Waals surface area contributed by atoms with Crippen LogP contribution in [0.15, 0.2) is 18.5 Å². The Morgan fingerprint density at radius 1 is 1.33 bits per heavy atom. The predicted octanol–water partition coefficient (Wildman–Crippen LogP) is 2.29. The molecule has 0 aliphatic carbocycles. The van der Waals surface area contributed by atoms with Gasteiger partial charge in [0.15, 0.2) is 0 Å². The maximum absolute atomic E-state index is 10.1. The van der Waals surface area contributed by atoms with Crippen LogP contribution in [0.25, 0.3) is 0 Å². The smallest absolute Gasteiger partial charge is 0.138 e. The van der Waals surface area contributed by atoms with E-state index in [1.165, 1.54) is 0 Å². The van der Waals surface area contributed by atoms with Crippen LogP contribution in [0.1, 0.15) is 46.3 Å². The summed E-state index contributed by atoms with van der Waals surface area (Å²) in [6.45, 7) is 10.6. The normalized spacial score (nSPS) is 13.7. The van der Waals surface area contributed by atoms with E-state index in [9.17, 15) is 5.11 Å². The second kappa shape index (κ2) is 6.16. The van der Waals surface area contributed by atoms with Crippen LogP contribution in [0.2, 0.25) is 0 Å². The largest absolute Gasteiger partial charge is 0.489 e. The fourth-order valence-corrected chi connectivity index (χ4v) is 1.48. The third-order valence-electron chi connectivity index (χ3n) is 2.32. The number of aliphatic hydroxyl groups is 1. The summed E-state index contributed by atoms with van der Waals surface area (Å²) in [6.07, 6.45) is 2.86. The first-order valence-electron chi connectivity index (χ1n) is 6.32. The molecule has 1 aromatic heterocycles. The van der Waals surface area contributed by atoms with E-state index < -0.39 is 6.10 Å². The summed E-state index contributed by atoms with van der Waals surface area (Å²) in [5, 5.41) is 13.3. The zero-order chi connectivity index (χ0) is 13.8. The van der Waals surface area contributed by atoms with Gasteiger partial charge in [-0.3, -0.25) is 4.98 Å². The fraction of sp³-hybridized carbons (Fsp3) is 0.643. The van der Waals surface area contributed by atoms with Gasteiger partial charge in [0.25, 0.3) is 0 Å². The van der Waals surface area contributed by atoms with Gasteiger partial charge in [-0.2, -0.15) is 0 Å². The second-order valence-corrected chi connectivity index (χ2v) is 5.77. The van der Waals surface area contributed by atoms with Crippen LogP contribution in [-0.2, 0) is 0 Å². The number of rotatable bonds is 5. The van der Waals surface area contributed by atoms with Crippen LogP contribution in [-0.4, -0.2) is 28.3 Å². The van der Waals surface area contributed by atoms with Gasteiger partial charge >= 0.3 is 0 Å². The molecule has 0 aromatic carbocycles. The first kappa shape index (κ1) is 14.9. The summed E-state index contributed by atoms with van der Waals surface area (Å²) >= 11 is 0. The van der Waals surface area contributed by atoms with Crippen LogP contribution < -0.4 is 10.1 Å². The SMILES string of the molecule is CC(C)Oc1cncc(C(O)CNC(C)(C)C)c1. The van der Waals surface area contributed by atoms with E-state index in [4.69, 9.17) is 4.74 Å². The van der Waals surface area contributed by atoms with Crippen molar-refractivity contribution in [2.45, 2.75) is 52.4 Å². The van der Waals surface area contributed by atoms with E-state index in [1.807, 2.05) is 19.9 Å². The van der Waals surface area contributed by atoms with E-state index in [-0.39, 0.29) is 11.6 Å². The molecule has 0 bridgehead atoms. The Balaban J connectivity index is 2.65. The maximum atomic E-state index is 10.1. The van der Waals surface area contributed by atoms with Crippen molar-refractivity contribution in [1.82, 2.24) is 10.3 Å². The van der Waals surface area contributed by atoms with Gasteiger partial charge < -0.3 is 15.2 Å². The first-order chi connectivity index (χ1) is 8.28. The molecule has 1 atom stereocenters. The molecular weight excluding hydrogens is 228 g/mol. The Hall–Kier alpha value is -1.13. The number of nitrogens with one attached hydrogen (secondary N) is 1. The minimum absolute atomic E-state index is 0.0134. The van der Waals surface area contributed by atoms with Crippen molar-refractivity contribution in [2.75, 3.05) is 6.54 Å². The van der Waals surface area contributed by atoms with Gasteiger partial charge in [-0.15, -0.1) is 0 Å². The predicted molar refractivity (Wildman–Crippen MR) is 72.7 cm³/mol. The quantitative estimate of drug-likeness (QED) is 0.844. The number of aromatic nitrogens is 1. The molecule has 4 nitrogen and oxygen atoms in total. The highest BCUT2D eigenvalue weighted by atomic mass is 16.5. The van der Waals surface area contributed by atoms with E-state index in [2.05, 4.69) is 31.1 Å². The number of β-amino-alcohol motifs (C(OH)–C–C–N with tert-alkyl or cyclic N) is 1. The molecule has 0 amide bonds. The molecule has 1 unspecified atom stereocenters. The highest BCUT2D eigenvalue weighted by molar-refractivity contribution is 5.25. The summed E-state index contributed by atoms with van der Waals surface area (Å²) in [6, 6.07) is 1.84. The average Bonchev–Trinajstić information content (AvgIpc) is 2.24. The lowest BCUT2D eigenvalue weighted by atomic mass is 10.1. The highest BCUT2D eigenvalue weighted by Crippen LogP contribution is 2.18. The molecule has 1 rings (SSSR count). The lowest BCUT2D eigenvalue weighted by Gasteiger charge is -2.23. The van der Waals surface area contributed by atoms with Crippen molar-refractivity contribution in [3.05, 3.63) is 24.0 Å². The second-order valence-electron chi connectivity index (χ2n) is 5.77. The molecule has 0 saturated carbocycles. The monoisotopic (exact) mass is 252 g/mol. The van der Waals surface area contributed by atoms with Gasteiger partial charge in [-0.25, -0.2) is 0 Å². The molecule has 1 heterocycles. The summed E-state index contributed by atoms with van der Waals surface area (Å²) < 4.78 is 5.56. The number of hydrogen-bond donors (Lipinski definition) is 2. The third kappa shape index (κ3) is 5.47. The molecular formula is C14H24N2O2. The van der Waals surface area contributed by atoms with Crippen LogP contribution in [0.4, 0.5) is 0 Å². The zero-order valence-corrected chi connectivity index (χ0v) is 11.9. The van der Waals surface area contributed by atoms with Crippen molar-refractivity contribution in [1.29, 1.82) is 0 Å². The van der Waals surface area contributed by atoms with Crippen molar-refractivity contribution in [3.63, 3.8) is 0 Å². The molecule has 1 aromatic rings. The van der Waals surface area contributed by atoms with Gasteiger partial charge in [0.2, 0.25) is 0 Å². The number of ether oxygens (including phenoxy) is 1. The third-order valence-corrected chi connectivity index (χ3v) is 2.32. The summed E-state index contributed by atoms with van der Waals surface area (Å²) in [5.74, 6) is 0.692. The molecule has 0 fully saturated rings. The van der Waals surface area contributed by atoms with Crippen LogP contribution in [0.3, 0.4) is 0 Å². The van der Waals surface area contributed by atoms with Crippen molar-refractivity contribution < 1.29 is 9.84 Å². The molecule has 0 aliphatic heterocycles. The first-order valence-corrected chi connectivity index (χ1v) is 6.32. The minimum Gasteiger partial charge on any atom is -0.489 e. The van der Waals surface area contributed by atoms with Gasteiger partial charge in [-0.1, -0.05) is 0 Å². The Morgan fingerprint density at radius 3 is 2.56 bits per heavy atom. The molecule has 0 aliphatic rings. The molecule has 0 saturated heterocycles. The topological polar surface area (TPSA) is 54.4 Å². The van der Waals surface area contributed by atoms with E-state index in [0.29, 0.717) is 12.3 Å². The van der Waals surface area contributed by atoms with Gasteiger partial charge in [0.05, 0.1) is 18.4 Å². The van der Waals surface area contributed by atoms with E-state index in [0.717, 1.165) is 5.56 Å². The molecule has 102 valence electrons. The van der Waals surface area contributed by atoms with Crippen molar-refractivity contribution >= 4 is 0 Å². The summed E-state index contributed by atoms with van der Waals surface area (Å²) in [5.41, 5.74) is 0.755. The van der Waals surface area contributed by atoms with Crippen molar-refractivity contribution in [3.8, 4) is 5.75 Å². The number of hydrogen-bond acceptors (Lipinski definition) is 4. The molecule has 18 heavy (non-hydrogen) atoms. The molecule has 0 spiro atoms. The lowest BCUT2D eigenvalue weighted by molar-refractivity contribution is 0.162. The van der Waals surface area contributed by atoms with Gasteiger partial charge in [0, 0.05) is 23.8 Å². The Bertz CT molecular complexity index is 372. The molecule has 0 radical (unpaired) electrons. The number of aliphatic hydroxyl groups excluding tert-OH is 1. The van der Waals surface area contributed by atoms with Gasteiger partial charge in [0.1, 0.15) is 5.75 Å². The average molecular weight is 252 g/mol. The van der Waals surface area contributed by atoms with Crippen molar-refractivity contribution in [2.24, 2.45) is 0 Å². The summed E-state index contributed by atoms with van der Waals surface area (Å²) in [4.78, 5) is 4.09. The Kier molecular flexibility index (Phi) is 5.11. The van der Waals surface area contributed by atoms with Crippen LogP contribution in [0, 0.1) is 0 Å². The molecule has 4 heteroatoms. The highest BCUT2D eigenvalue weighted by Gasteiger charge is 2.14. The van der Waals surface area contributed by atoms with Crippen LogP contribution >= 0.6 is 0 Å². The zero-order valence-electron chi connectivity index (χ0n) is 11.9. The minimum atomic E-state index is -0.576. The fourth-order valence-electron chi connectivity index (χ4n) is 1.48.